The summed E-state index contributed by atoms with van der Waals surface area (Å²) < 4.78 is 7.25. The van der Waals surface area contributed by atoms with Crippen LogP contribution in [-0.4, -0.2) is 33.5 Å². The van der Waals surface area contributed by atoms with E-state index in [1.54, 1.807) is 13.0 Å². The van der Waals surface area contributed by atoms with Crippen LogP contribution in [0.3, 0.4) is 0 Å². The van der Waals surface area contributed by atoms with E-state index in [2.05, 4.69) is 35.6 Å². The average molecular weight is 359 g/mol. The predicted octanol–water partition coefficient (Wildman–Crippen LogP) is 4.10. The zero-order chi connectivity index (χ0) is 18.9. The lowest BCUT2D eigenvalue weighted by Crippen LogP contribution is -2.28. The van der Waals surface area contributed by atoms with E-state index >= 15 is 0 Å². The normalized spacial score (nSPS) is 16.3. The van der Waals surface area contributed by atoms with Gasteiger partial charge in [-0.1, -0.05) is 20.8 Å². The van der Waals surface area contributed by atoms with Crippen molar-refractivity contribution in [1.82, 2.24) is 9.55 Å². The summed E-state index contributed by atoms with van der Waals surface area (Å²) >= 11 is 0. The van der Waals surface area contributed by atoms with Crippen molar-refractivity contribution in [2.75, 3.05) is 11.9 Å². The third kappa shape index (κ3) is 4.01. The summed E-state index contributed by atoms with van der Waals surface area (Å²) in [5.41, 5.74) is 2.26. The van der Waals surface area contributed by atoms with Crippen molar-refractivity contribution >= 4 is 23.0 Å². The number of nitrogens with zero attached hydrogens (tertiary/aromatic N) is 2. The summed E-state index contributed by atoms with van der Waals surface area (Å²) in [7, 11) is 0. The number of hydrogen-bond acceptors (Lipinski definition) is 5. The van der Waals surface area contributed by atoms with E-state index in [1.807, 2.05) is 12.1 Å². The first-order valence-corrected chi connectivity index (χ1v) is 9.42. The highest BCUT2D eigenvalue weighted by Crippen LogP contribution is 2.37. The monoisotopic (exact) mass is 359 g/mol. The van der Waals surface area contributed by atoms with Gasteiger partial charge in [0.05, 0.1) is 23.2 Å². The highest BCUT2D eigenvalue weighted by atomic mass is 16.5. The Morgan fingerprint density at radius 1 is 1.42 bits per heavy atom. The Morgan fingerprint density at radius 2 is 2.15 bits per heavy atom. The fourth-order valence-electron chi connectivity index (χ4n) is 3.33. The van der Waals surface area contributed by atoms with E-state index in [4.69, 9.17) is 4.74 Å². The van der Waals surface area contributed by atoms with Gasteiger partial charge in [0.15, 0.2) is 0 Å². The van der Waals surface area contributed by atoms with Crippen LogP contribution >= 0.6 is 0 Å². The lowest BCUT2D eigenvalue weighted by Gasteiger charge is -2.30. The number of aliphatic hydroxyl groups is 1. The predicted molar refractivity (Wildman–Crippen MR) is 102 cm³/mol. The van der Waals surface area contributed by atoms with Crippen molar-refractivity contribution in [3.63, 3.8) is 0 Å². The summed E-state index contributed by atoms with van der Waals surface area (Å²) in [6.07, 6.45) is 3.30. The molecule has 1 aromatic heterocycles. The fraction of sp³-hybridized carbons (Fsp3) is 0.600. The Kier molecular flexibility index (Phi) is 5.23. The fourth-order valence-corrected chi connectivity index (χ4v) is 3.33. The zero-order valence-electron chi connectivity index (χ0n) is 16.1. The van der Waals surface area contributed by atoms with Crippen LogP contribution in [0, 0.1) is 5.41 Å². The van der Waals surface area contributed by atoms with E-state index in [0.29, 0.717) is 30.6 Å². The van der Waals surface area contributed by atoms with E-state index in [-0.39, 0.29) is 11.4 Å². The molecule has 1 heterocycles. The number of aromatic nitrogens is 2. The van der Waals surface area contributed by atoms with Gasteiger partial charge in [-0.05, 0) is 56.2 Å². The summed E-state index contributed by atoms with van der Waals surface area (Å²) in [5, 5.41) is 13.6. The molecule has 142 valence electrons. The molecule has 6 nitrogen and oxygen atoms in total. The maximum absolute atomic E-state index is 12.1. The number of hydrogen-bond donors (Lipinski definition) is 2. The van der Waals surface area contributed by atoms with E-state index in [0.717, 1.165) is 23.9 Å². The molecular formula is C20H29N3O3. The van der Waals surface area contributed by atoms with Crippen LogP contribution in [0.4, 0.5) is 5.95 Å². The number of carbonyl (C=O) groups excluding carboxylic acids is 1. The molecule has 1 saturated carbocycles. The van der Waals surface area contributed by atoms with Gasteiger partial charge in [0.2, 0.25) is 5.95 Å². The Morgan fingerprint density at radius 3 is 2.73 bits per heavy atom. The van der Waals surface area contributed by atoms with Gasteiger partial charge < -0.3 is 19.7 Å². The molecule has 0 bridgehead atoms. The lowest BCUT2D eigenvalue weighted by atomic mass is 9.91. The maximum atomic E-state index is 12.1. The van der Waals surface area contributed by atoms with Gasteiger partial charge in [-0.3, -0.25) is 0 Å². The quantitative estimate of drug-likeness (QED) is 0.600. The highest BCUT2D eigenvalue weighted by molar-refractivity contribution is 5.94. The smallest absolute Gasteiger partial charge is 0.338 e. The van der Waals surface area contributed by atoms with Crippen LogP contribution in [0.1, 0.15) is 69.8 Å². The van der Waals surface area contributed by atoms with Crippen molar-refractivity contribution in [1.29, 1.82) is 0 Å². The number of anilines is 1. The lowest BCUT2D eigenvalue weighted by molar-refractivity contribution is 0.0526. The minimum atomic E-state index is -0.671. The number of nitrogens with one attached hydrogen (secondary N) is 1. The summed E-state index contributed by atoms with van der Waals surface area (Å²) in [4.78, 5) is 16.8. The molecule has 6 heteroatoms. The molecule has 3 rings (SSSR count). The van der Waals surface area contributed by atoms with Gasteiger partial charge in [-0.15, -0.1) is 0 Å². The van der Waals surface area contributed by atoms with Gasteiger partial charge in [0.1, 0.15) is 6.23 Å². The molecule has 1 aliphatic carbocycles. The number of aliphatic hydroxyl groups excluding tert-OH is 1. The Bertz CT molecular complexity index is 787. The van der Waals surface area contributed by atoms with Crippen LogP contribution in [0.15, 0.2) is 18.2 Å². The van der Waals surface area contributed by atoms with Crippen LogP contribution < -0.4 is 5.32 Å². The first-order valence-electron chi connectivity index (χ1n) is 9.42. The Hall–Kier alpha value is -2.08. The maximum Gasteiger partial charge on any atom is 0.338 e. The standard InChI is InChI=1S/C20H29N3O3/c1-5-26-18(25)13-9-10-15-16(11-13)23(14-7-6-8-14)19(21-15)22-17(24)12-20(2,3)4/h9-11,14,17,24H,5-8,12H2,1-4H3,(H,21,22). The van der Waals surface area contributed by atoms with E-state index in [9.17, 15) is 9.90 Å². The molecule has 26 heavy (non-hydrogen) atoms. The molecule has 0 saturated heterocycles. The van der Waals surface area contributed by atoms with Crippen LogP contribution in [0.25, 0.3) is 11.0 Å². The van der Waals surface area contributed by atoms with Crippen LogP contribution in [-0.2, 0) is 4.74 Å². The number of carbonyl (C=O) groups is 1. The molecule has 0 amide bonds. The minimum absolute atomic E-state index is 0.0107. The van der Waals surface area contributed by atoms with Crippen LogP contribution in [0.2, 0.25) is 0 Å². The minimum Gasteiger partial charge on any atom is -0.462 e. The second-order valence-electron chi connectivity index (χ2n) is 8.24. The molecule has 1 unspecified atom stereocenters. The number of ether oxygens (including phenoxy) is 1. The first-order chi connectivity index (χ1) is 12.3. The van der Waals surface area contributed by atoms with Gasteiger partial charge in [-0.25, -0.2) is 9.78 Å². The van der Waals surface area contributed by atoms with Crippen molar-refractivity contribution in [2.24, 2.45) is 5.41 Å². The molecule has 1 atom stereocenters. The highest BCUT2D eigenvalue weighted by Gasteiger charge is 2.27. The average Bonchev–Trinajstić information content (AvgIpc) is 2.81. The zero-order valence-corrected chi connectivity index (χ0v) is 16.1. The van der Waals surface area contributed by atoms with Crippen LogP contribution in [0.5, 0.6) is 0 Å². The third-order valence-electron chi connectivity index (χ3n) is 4.74. The molecule has 2 N–H and O–H groups in total. The van der Waals surface area contributed by atoms with Crippen molar-refractivity contribution in [3.05, 3.63) is 23.8 Å². The topological polar surface area (TPSA) is 76.4 Å². The first kappa shape index (κ1) is 18.7. The third-order valence-corrected chi connectivity index (χ3v) is 4.74. The second kappa shape index (κ2) is 7.27. The van der Waals surface area contributed by atoms with Gasteiger partial charge >= 0.3 is 5.97 Å². The number of rotatable bonds is 6. The number of benzene rings is 1. The van der Waals surface area contributed by atoms with Crippen molar-refractivity contribution in [2.45, 2.75) is 65.6 Å². The molecule has 2 aromatic rings. The molecule has 1 fully saturated rings. The number of imidazole rings is 1. The second-order valence-corrected chi connectivity index (χ2v) is 8.24. The van der Waals surface area contributed by atoms with Crippen molar-refractivity contribution < 1.29 is 14.6 Å². The van der Waals surface area contributed by atoms with Gasteiger partial charge in [0.25, 0.3) is 0 Å². The summed E-state index contributed by atoms with van der Waals surface area (Å²) in [5.74, 6) is 0.348. The molecule has 1 aromatic carbocycles. The summed E-state index contributed by atoms with van der Waals surface area (Å²) in [6.45, 7) is 8.44. The van der Waals surface area contributed by atoms with Gasteiger partial charge in [0, 0.05) is 6.04 Å². The van der Waals surface area contributed by atoms with Crippen molar-refractivity contribution in [3.8, 4) is 0 Å². The van der Waals surface area contributed by atoms with E-state index in [1.165, 1.54) is 6.42 Å². The molecule has 0 radical (unpaired) electrons. The number of fused-ring (bicyclic) bond motifs is 1. The van der Waals surface area contributed by atoms with E-state index < -0.39 is 6.23 Å². The largest absolute Gasteiger partial charge is 0.462 e. The summed E-state index contributed by atoms with van der Waals surface area (Å²) in [6, 6.07) is 5.79. The SMILES string of the molecule is CCOC(=O)c1ccc2nc(NC(O)CC(C)(C)C)n(C3CCC3)c2c1. The van der Waals surface area contributed by atoms with Gasteiger partial charge in [-0.2, -0.15) is 0 Å². The number of esters is 1. The molecule has 1 aliphatic rings. The molecule has 0 spiro atoms. The molecular weight excluding hydrogens is 330 g/mol. The Labute approximate surface area is 154 Å². The molecule has 0 aliphatic heterocycles. The Balaban J connectivity index is 1.96.